The molecule has 4 nitrogen and oxygen atoms in total. The van der Waals surface area contributed by atoms with Crippen LogP contribution < -0.4 is 0 Å². The van der Waals surface area contributed by atoms with Crippen molar-refractivity contribution in [2.75, 3.05) is 19.7 Å². The van der Waals surface area contributed by atoms with Crippen LogP contribution in [0.25, 0.3) is 10.8 Å². The van der Waals surface area contributed by atoms with Crippen molar-refractivity contribution < 1.29 is 14.6 Å². The maximum absolute atomic E-state index is 12.1. The third kappa shape index (κ3) is 2.83. The predicted molar refractivity (Wildman–Crippen MR) is 97.4 cm³/mol. The van der Waals surface area contributed by atoms with Crippen LogP contribution in [0.4, 0.5) is 0 Å². The van der Waals surface area contributed by atoms with Gasteiger partial charge in [-0.1, -0.05) is 31.2 Å². The zero-order valence-electron chi connectivity index (χ0n) is 14.8. The quantitative estimate of drug-likeness (QED) is 0.866. The number of hydrogen-bond donors (Lipinski definition) is 1. The molecule has 4 rings (SSSR count). The molecular formula is C21H25NO3. The second-order valence-electron chi connectivity index (χ2n) is 7.51. The number of ether oxygens (including phenoxy) is 1. The molecule has 2 aromatic carbocycles. The van der Waals surface area contributed by atoms with Crippen molar-refractivity contribution in [1.29, 1.82) is 0 Å². The molecule has 1 N–H and O–H groups in total. The molecule has 4 heteroatoms. The maximum Gasteiger partial charge on any atom is 0.339 e. The molecule has 0 saturated carbocycles. The van der Waals surface area contributed by atoms with Crippen molar-refractivity contribution >= 4 is 16.7 Å². The third-order valence-corrected chi connectivity index (χ3v) is 6.02. The lowest BCUT2D eigenvalue weighted by Crippen LogP contribution is -2.44. The van der Waals surface area contributed by atoms with E-state index in [2.05, 4.69) is 30.0 Å². The molecule has 2 aliphatic heterocycles. The zero-order valence-corrected chi connectivity index (χ0v) is 14.8. The molecule has 2 aliphatic rings. The van der Waals surface area contributed by atoms with Crippen molar-refractivity contribution in [3.63, 3.8) is 0 Å². The van der Waals surface area contributed by atoms with Crippen LogP contribution in [0.3, 0.4) is 0 Å². The predicted octanol–water partition coefficient (Wildman–Crippen LogP) is 3.49. The number of hydrogen-bond acceptors (Lipinski definition) is 4. The molecule has 1 atom stereocenters. The standard InChI is InChI=1S/C21H25NO3/c1-2-21(14-23)9-4-10-22(13-21)11-15-7-8-16-12-25-20(24)18-6-3-5-17(15)19(16)18/h3,5-8,23H,2,4,9-14H2,1H3/t21-/m1/s1. The van der Waals surface area contributed by atoms with Crippen LogP contribution in [0.5, 0.6) is 0 Å². The Morgan fingerprint density at radius 3 is 2.96 bits per heavy atom. The second kappa shape index (κ2) is 6.43. The lowest BCUT2D eigenvalue weighted by molar-refractivity contribution is 0.0259. The highest BCUT2D eigenvalue weighted by Crippen LogP contribution is 2.35. The number of nitrogens with zero attached hydrogens (tertiary/aromatic N) is 1. The average molecular weight is 339 g/mol. The highest BCUT2D eigenvalue weighted by atomic mass is 16.5. The van der Waals surface area contributed by atoms with Gasteiger partial charge in [-0.15, -0.1) is 0 Å². The Morgan fingerprint density at radius 1 is 1.28 bits per heavy atom. The van der Waals surface area contributed by atoms with E-state index in [1.165, 1.54) is 5.56 Å². The lowest BCUT2D eigenvalue weighted by Gasteiger charge is -2.41. The first-order valence-corrected chi connectivity index (χ1v) is 9.19. The van der Waals surface area contributed by atoms with Gasteiger partial charge in [-0.3, -0.25) is 4.90 Å². The molecule has 2 heterocycles. The Kier molecular flexibility index (Phi) is 4.26. The Bertz CT molecular complexity index is 810. The van der Waals surface area contributed by atoms with Gasteiger partial charge in [0.05, 0.1) is 5.56 Å². The summed E-state index contributed by atoms with van der Waals surface area (Å²) in [6, 6.07) is 10.2. The van der Waals surface area contributed by atoms with Gasteiger partial charge >= 0.3 is 5.97 Å². The number of carbonyl (C=O) groups excluding carboxylic acids is 1. The number of aliphatic hydroxyl groups is 1. The fourth-order valence-electron chi connectivity index (χ4n) is 4.40. The van der Waals surface area contributed by atoms with Crippen LogP contribution in [0, 0.1) is 5.41 Å². The fourth-order valence-corrected chi connectivity index (χ4v) is 4.40. The highest BCUT2D eigenvalue weighted by Gasteiger charge is 2.33. The van der Waals surface area contributed by atoms with E-state index in [1.807, 2.05) is 12.1 Å². The Hall–Kier alpha value is -1.91. The molecule has 0 aromatic heterocycles. The number of aliphatic hydroxyl groups excluding tert-OH is 1. The van der Waals surface area contributed by atoms with E-state index in [4.69, 9.17) is 4.74 Å². The van der Waals surface area contributed by atoms with Crippen LogP contribution in [0.15, 0.2) is 30.3 Å². The Labute approximate surface area is 148 Å². The largest absolute Gasteiger partial charge is 0.457 e. The molecule has 0 bridgehead atoms. The Balaban J connectivity index is 1.68. The highest BCUT2D eigenvalue weighted by molar-refractivity contribution is 6.08. The van der Waals surface area contributed by atoms with E-state index >= 15 is 0 Å². The first-order valence-electron chi connectivity index (χ1n) is 9.19. The van der Waals surface area contributed by atoms with Crippen molar-refractivity contribution in [2.45, 2.75) is 39.3 Å². The minimum Gasteiger partial charge on any atom is -0.457 e. The van der Waals surface area contributed by atoms with E-state index in [0.717, 1.165) is 55.2 Å². The van der Waals surface area contributed by atoms with Crippen molar-refractivity contribution in [2.24, 2.45) is 5.41 Å². The van der Waals surface area contributed by atoms with Gasteiger partial charge in [-0.05, 0) is 48.4 Å². The van der Waals surface area contributed by atoms with Gasteiger partial charge in [-0.25, -0.2) is 4.79 Å². The summed E-state index contributed by atoms with van der Waals surface area (Å²) in [6.07, 6.45) is 3.24. The van der Waals surface area contributed by atoms with Crippen LogP contribution in [-0.4, -0.2) is 35.7 Å². The lowest BCUT2D eigenvalue weighted by atomic mass is 9.78. The average Bonchev–Trinajstić information content (AvgIpc) is 2.66. The summed E-state index contributed by atoms with van der Waals surface area (Å²) in [4.78, 5) is 14.5. The second-order valence-corrected chi connectivity index (χ2v) is 7.51. The normalized spacial score (nSPS) is 23.7. The molecule has 1 saturated heterocycles. The molecule has 0 aliphatic carbocycles. The number of carbonyl (C=O) groups is 1. The molecule has 132 valence electrons. The van der Waals surface area contributed by atoms with Crippen molar-refractivity contribution in [3.05, 3.63) is 47.0 Å². The first kappa shape index (κ1) is 16.6. The molecule has 2 aromatic rings. The van der Waals surface area contributed by atoms with Crippen LogP contribution in [-0.2, 0) is 17.9 Å². The van der Waals surface area contributed by atoms with E-state index in [1.54, 1.807) is 0 Å². The van der Waals surface area contributed by atoms with Crippen LogP contribution >= 0.6 is 0 Å². The molecular weight excluding hydrogens is 314 g/mol. The molecule has 0 spiro atoms. The van der Waals surface area contributed by atoms with Crippen LogP contribution in [0.2, 0.25) is 0 Å². The summed E-state index contributed by atoms with van der Waals surface area (Å²) < 4.78 is 5.26. The van der Waals surface area contributed by atoms with Crippen molar-refractivity contribution in [3.8, 4) is 0 Å². The van der Waals surface area contributed by atoms with Gasteiger partial charge in [0.1, 0.15) is 6.61 Å². The topological polar surface area (TPSA) is 49.8 Å². The van der Waals surface area contributed by atoms with E-state index in [-0.39, 0.29) is 18.0 Å². The summed E-state index contributed by atoms with van der Waals surface area (Å²) in [5.74, 6) is -0.224. The number of benzene rings is 2. The summed E-state index contributed by atoms with van der Waals surface area (Å²) in [5.41, 5.74) is 3.05. The number of esters is 1. The minimum absolute atomic E-state index is 0.0361. The zero-order chi connectivity index (χ0) is 17.4. The van der Waals surface area contributed by atoms with Gasteiger partial charge in [0.15, 0.2) is 0 Å². The summed E-state index contributed by atoms with van der Waals surface area (Å²) in [6.45, 7) is 5.65. The molecule has 1 fully saturated rings. The van der Waals surface area contributed by atoms with Gasteiger partial charge in [0.25, 0.3) is 0 Å². The molecule has 0 radical (unpaired) electrons. The number of cyclic esters (lactones) is 1. The van der Waals surface area contributed by atoms with Gasteiger partial charge in [0, 0.05) is 30.5 Å². The molecule has 25 heavy (non-hydrogen) atoms. The number of piperidine rings is 1. The SMILES string of the molecule is CC[C@@]1(CO)CCCN(Cc2ccc3c4c(cccc24)C(=O)OC3)C1. The molecule has 0 amide bonds. The van der Waals surface area contributed by atoms with E-state index in [0.29, 0.717) is 12.2 Å². The number of rotatable bonds is 4. The fraction of sp³-hybridized carbons (Fsp3) is 0.476. The summed E-state index contributed by atoms with van der Waals surface area (Å²) >= 11 is 0. The van der Waals surface area contributed by atoms with Crippen LogP contribution in [0.1, 0.15) is 47.7 Å². The maximum atomic E-state index is 12.1. The van der Waals surface area contributed by atoms with Gasteiger partial charge in [-0.2, -0.15) is 0 Å². The Morgan fingerprint density at radius 2 is 2.16 bits per heavy atom. The molecule has 0 unspecified atom stereocenters. The summed E-state index contributed by atoms with van der Waals surface area (Å²) in [7, 11) is 0. The van der Waals surface area contributed by atoms with E-state index < -0.39 is 0 Å². The van der Waals surface area contributed by atoms with Crippen molar-refractivity contribution in [1.82, 2.24) is 4.90 Å². The minimum atomic E-state index is -0.224. The number of likely N-dealkylation sites (tertiary alicyclic amines) is 1. The monoisotopic (exact) mass is 339 g/mol. The van der Waals surface area contributed by atoms with Gasteiger partial charge < -0.3 is 9.84 Å². The van der Waals surface area contributed by atoms with E-state index in [9.17, 15) is 9.90 Å². The smallest absolute Gasteiger partial charge is 0.339 e. The first-order chi connectivity index (χ1) is 12.2. The summed E-state index contributed by atoms with van der Waals surface area (Å²) in [5, 5.41) is 12.1. The third-order valence-electron chi connectivity index (χ3n) is 6.02. The van der Waals surface area contributed by atoms with Gasteiger partial charge in [0.2, 0.25) is 0 Å².